The first-order chi connectivity index (χ1) is 22.4. The van der Waals surface area contributed by atoms with E-state index in [-0.39, 0.29) is 11.9 Å². The van der Waals surface area contributed by atoms with Gasteiger partial charge in [0.05, 0.1) is 37.0 Å². The number of esters is 2. The third kappa shape index (κ3) is 8.10. The number of aromatic nitrogens is 2. The van der Waals surface area contributed by atoms with Gasteiger partial charge in [-0.3, -0.25) is 19.6 Å². The molecule has 0 amide bonds. The summed E-state index contributed by atoms with van der Waals surface area (Å²) in [5.74, 6) is 0.489. The van der Waals surface area contributed by atoms with Gasteiger partial charge in [0.1, 0.15) is 0 Å². The maximum atomic E-state index is 11.9. The Hall–Kier alpha value is -3.62. The summed E-state index contributed by atoms with van der Waals surface area (Å²) in [6.07, 6.45) is 7.88. The van der Waals surface area contributed by atoms with Gasteiger partial charge >= 0.3 is 11.9 Å². The number of aliphatic imine (C=N–C) groups is 2. The monoisotopic (exact) mass is 680 g/mol. The Labute approximate surface area is 288 Å². The minimum absolute atomic E-state index is 0.231. The normalized spacial score (nSPS) is 16.6. The maximum Gasteiger partial charge on any atom is 0.305 e. The fourth-order valence-electron chi connectivity index (χ4n) is 6.33. The van der Waals surface area contributed by atoms with Gasteiger partial charge in [0.2, 0.25) is 0 Å². The summed E-state index contributed by atoms with van der Waals surface area (Å²) in [5.41, 5.74) is 16.6. The van der Waals surface area contributed by atoms with Gasteiger partial charge in [-0.15, -0.1) is 23.2 Å². The van der Waals surface area contributed by atoms with Crippen LogP contribution < -0.4 is 0 Å². The molecule has 0 atom stereocenters. The number of carbonyl (C=O) groups is 2. The number of allylic oxidation sites excluding steroid dienone is 4. The first-order valence-corrected chi connectivity index (χ1v) is 17.1. The molecule has 2 N–H and O–H groups in total. The number of ether oxygens (including phenoxy) is 2. The predicted molar refractivity (Wildman–Crippen MR) is 193 cm³/mol. The Balaban J connectivity index is 1.71. The Morgan fingerprint density at radius 1 is 0.660 bits per heavy atom. The van der Waals surface area contributed by atoms with Crippen LogP contribution in [-0.4, -0.2) is 59.3 Å². The molecule has 2 aliphatic rings. The average molecular weight is 682 g/mol. The smallest absolute Gasteiger partial charge is 0.305 e. The van der Waals surface area contributed by atoms with Gasteiger partial charge in [-0.05, 0) is 124 Å². The molecule has 0 saturated heterocycles. The number of halogens is 2. The second kappa shape index (κ2) is 16.0. The van der Waals surface area contributed by atoms with E-state index < -0.39 is 0 Å². The second-order valence-electron chi connectivity index (χ2n) is 12.1. The topological polar surface area (TPSA) is 109 Å². The van der Waals surface area contributed by atoms with Crippen molar-refractivity contribution in [1.29, 1.82) is 0 Å². The number of carbonyl (C=O) groups excluding carboxylic acids is 2. The van der Waals surface area contributed by atoms with Crippen LogP contribution in [0.15, 0.2) is 43.7 Å². The number of aromatic amines is 2. The Morgan fingerprint density at radius 3 is 1.62 bits per heavy atom. The molecule has 2 aromatic rings. The van der Waals surface area contributed by atoms with Crippen molar-refractivity contribution in [3.05, 3.63) is 78.7 Å². The van der Waals surface area contributed by atoms with Crippen molar-refractivity contribution < 1.29 is 19.1 Å². The lowest BCUT2D eigenvalue weighted by atomic mass is 9.95. The highest BCUT2D eigenvalue weighted by Crippen LogP contribution is 2.36. The molecular formula is C37H46Cl2N4O4. The number of hydrogen-bond donors (Lipinski definition) is 2. The number of aryl methyl sites for hydroxylation is 2. The van der Waals surface area contributed by atoms with E-state index in [9.17, 15) is 9.59 Å². The highest BCUT2D eigenvalue weighted by atomic mass is 35.5. The van der Waals surface area contributed by atoms with Crippen LogP contribution in [0.1, 0.15) is 91.0 Å². The summed E-state index contributed by atoms with van der Waals surface area (Å²) in [5, 5.41) is 0. The lowest BCUT2D eigenvalue weighted by molar-refractivity contribution is -0.141. The average Bonchev–Trinajstić information content (AvgIpc) is 3.69. The van der Waals surface area contributed by atoms with Crippen LogP contribution in [0.4, 0.5) is 0 Å². The molecule has 0 radical (unpaired) electrons. The molecule has 252 valence electrons. The van der Waals surface area contributed by atoms with Gasteiger partial charge in [-0.25, -0.2) is 0 Å². The van der Waals surface area contributed by atoms with Crippen LogP contribution >= 0.6 is 23.2 Å². The van der Waals surface area contributed by atoms with Gasteiger partial charge in [0, 0.05) is 53.8 Å². The van der Waals surface area contributed by atoms with Crippen LogP contribution in [0.5, 0.6) is 0 Å². The van der Waals surface area contributed by atoms with Gasteiger partial charge in [0.25, 0.3) is 0 Å². The zero-order valence-corrected chi connectivity index (χ0v) is 30.3. The maximum absolute atomic E-state index is 11.9. The summed E-state index contributed by atoms with van der Waals surface area (Å²) in [6, 6.07) is 0. The summed E-state index contributed by atoms with van der Waals surface area (Å²) < 4.78 is 9.77. The van der Waals surface area contributed by atoms with Gasteiger partial charge in [-0.2, -0.15) is 0 Å². The molecule has 0 aromatic carbocycles. The Bertz CT molecular complexity index is 1750. The van der Waals surface area contributed by atoms with Crippen molar-refractivity contribution in [2.24, 2.45) is 9.98 Å². The van der Waals surface area contributed by atoms with Crippen LogP contribution in [0.2, 0.25) is 0 Å². The SMILES string of the molecule is COC(=O)CCc1c(/C=C2\N=C(CC3=N/C(=C/c4[nH]c(C)c(C)c4CCC(=O)OC)C(CCCl)=C3C)C(CCCl)=C2C)[nH]c(C)c1C. The third-order valence-electron chi connectivity index (χ3n) is 9.42. The highest BCUT2D eigenvalue weighted by molar-refractivity contribution is 6.23. The minimum atomic E-state index is -0.234. The predicted octanol–water partition coefficient (Wildman–Crippen LogP) is 8.36. The van der Waals surface area contributed by atoms with Crippen molar-refractivity contribution in [2.75, 3.05) is 26.0 Å². The molecule has 0 unspecified atom stereocenters. The van der Waals surface area contributed by atoms with Crippen LogP contribution in [-0.2, 0) is 31.9 Å². The zero-order valence-electron chi connectivity index (χ0n) is 28.8. The lowest BCUT2D eigenvalue weighted by Crippen LogP contribution is -2.10. The number of methoxy groups -OCH3 is 2. The Kier molecular flexibility index (Phi) is 12.3. The minimum Gasteiger partial charge on any atom is -0.469 e. The van der Waals surface area contributed by atoms with E-state index in [2.05, 4.69) is 49.8 Å². The molecule has 0 fully saturated rings. The summed E-state index contributed by atoms with van der Waals surface area (Å²) in [7, 11) is 2.83. The number of hydrogen-bond acceptors (Lipinski definition) is 6. The van der Waals surface area contributed by atoms with Crippen LogP contribution in [0, 0.1) is 27.7 Å². The van der Waals surface area contributed by atoms with Gasteiger partial charge < -0.3 is 19.4 Å². The van der Waals surface area contributed by atoms with Gasteiger partial charge in [-0.1, -0.05) is 0 Å². The van der Waals surface area contributed by atoms with Crippen molar-refractivity contribution in [1.82, 2.24) is 9.97 Å². The molecule has 0 saturated carbocycles. The highest BCUT2D eigenvalue weighted by Gasteiger charge is 2.27. The van der Waals surface area contributed by atoms with Crippen LogP contribution in [0.3, 0.4) is 0 Å². The molecule has 10 heteroatoms. The van der Waals surface area contributed by atoms with Crippen LogP contribution in [0.25, 0.3) is 12.2 Å². The Morgan fingerprint density at radius 2 is 1.13 bits per heavy atom. The van der Waals surface area contributed by atoms with E-state index in [0.29, 0.717) is 56.7 Å². The van der Waals surface area contributed by atoms with E-state index in [0.717, 1.165) is 90.1 Å². The molecule has 0 aliphatic carbocycles. The molecule has 0 bridgehead atoms. The standard InChI is InChI=1S/C37H46Cl2N4O4/c1-20-24(5)40-32(26(20)9-11-36(44)46-7)17-30-22(3)28(13-15-38)34(42-30)18-31-23(4)29(14-16-39)35(43-31)19-33-27(10-12-37(45)47-8)21(2)25(6)41-33/h17,19,40-41H,9-16,18H2,1-8H3/b30-17-,35-19+. The van der Waals surface area contributed by atoms with Gasteiger partial charge in [0.15, 0.2) is 0 Å². The number of alkyl halides is 2. The number of H-pyrrole nitrogens is 2. The zero-order chi connectivity index (χ0) is 34.4. The summed E-state index contributed by atoms with van der Waals surface area (Å²) >= 11 is 12.6. The third-order valence-corrected chi connectivity index (χ3v) is 9.79. The number of nitrogens with one attached hydrogen (secondary N) is 2. The first-order valence-electron chi connectivity index (χ1n) is 16.0. The quantitative estimate of drug-likeness (QED) is 0.154. The largest absolute Gasteiger partial charge is 0.469 e. The van der Waals surface area contributed by atoms with E-state index in [1.54, 1.807) is 0 Å². The molecule has 4 rings (SSSR count). The summed E-state index contributed by atoms with van der Waals surface area (Å²) in [4.78, 5) is 41.1. The van der Waals surface area contributed by atoms with Crippen molar-refractivity contribution in [3.8, 4) is 0 Å². The molecule has 0 spiro atoms. The molecule has 4 heterocycles. The molecule has 2 aromatic heterocycles. The number of nitrogens with zero attached hydrogens (tertiary/aromatic N) is 2. The fourth-order valence-corrected chi connectivity index (χ4v) is 6.70. The fraction of sp³-hybridized carbons (Fsp3) is 0.459. The van der Waals surface area contributed by atoms with Crippen molar-refractivity contribution in [2.45, 2.75) is 86.5 Å². The number of rotatable bonds is 14. The summed E-state index contributed by atoms with van der Waals surface area (Å²) in [6.45, 7) is 12.4. The molecule has 8 nitrogen and oxygen atoms in total. The first kappa shape index (κ1) is 36.2. The van der Waals surface area contributed by atoms with E-state index in [1.807, 2.05) is 13.8 Å². The molecule has 47 heavy (non-hydrogen) atoms. The molecular weight excluding hydrogens is 635 g/mol. The van der Waals surface area contributed by atoms with E-state index in [4.69, 9.17) is 42.7 Å². The van der Waals surface area contributed by atoms with Crippen molar-refractivity contribution in [3.63, 3.8) is 0 Å². The second-order valence-corrected chi connectivity index (χ2v) is 12.9. The van der Waals surface area contributed by atoms with E-state index in [1.165, 1.54) is 14.2 Å². The van der Waals surface area contributed by atoms with Crippen molar-refractivity contribution >= 4 is 58.7 Å². The molecule has 2 aliphatic heterocycles. The lowest BCUT2D eigenvalue weighted by Gasteiger charge is -2.08. The van der Waals surface area contributed by atoms with E-state index >= 15 is 0 Å².